The van der Waals surface area contributed by atoms with Gasteiger partial charge in [0.2, 0.25) is 5.95 Å². The number of aromatic nitrogens is 4. The van der Waals surface area contributed by atoms with Gasteiger partial charge in [-0.2, -0.15) is 13.6 Å². The number of rotatable bonds is 8. The molecule has 22 heteroatoms. The highest BCUT2D eigenvalue weighted by atomic mass is 31.3. The van der Waals surface area contributed by atoms with Crippen molar-refractivity contribution < 1.29 is 61.4 Å². The smallest absolute Gasteiger partial charge is 0.387 e. The molecule has 0 aliphatic carbocycles. The second kappa shape index (κ2) is 8.66. The van der Waals surface area contributed by atoms with Crippen LogP contribution in [0.2, 0.25) is 0 Å². The number of H-pyrrole nitrogens is 1. The van der Waals surface area contributed by atoms with E-state index in [1.807, 2.05) is 0 Å². The first-order valence-electron chi connectivity index (χ1n) is 8.11. The highest BCUT2D eigenvalue weighted by Crippen LogP contribution is 2.66. The molecule has 2 aromatic heterocycles. The van der Waals surface area contributed by atoms with Gasteiger partial charge in [-0.15, -0.1) is 0 Å². The lowest BCUT2D eigenvalue weighted by molar-refractivity contribution is -0.0503. The van der Waals surface area contributed by atoms with Gasteiger partial charge < -0.3 is 40.3 Å². The van der Waals surface area contributed by atoms with Crippen LogP contribution in [-0.4, -0.2) is 74.2 Å². The molecule has 0 saturated carbocycles. The summed E-state index contributed by atoms with van der Waals surface area (Å²) >= 11 is 0. The summed E-state index contributed by atoms with van der Waals surface area (Å²) in [5, 5.41) is 20.4. The molecule has 19 nitrogen and oxygen atoms in total. The van der Waals surface area contributed by atoms with Crippen molar-refractivity contribution in [3.63, 3.8) is 0 Å². The lowest BCUT2D eigenvalue weighted by Crippen LogP contribution is -2.33. The van der Waals surface area contributed by atoms with Crippen LogP contribution in [0.15, 0.2) is 11.1 Å². The zero-order valence-corrected chi connectivity index (χ0v) is 18.0. The van der Waals surface area contributed by atoms with Gasteiger partial charge in [0, 0.05) is 0 Å². The van der Waals surface area contributed by atoms with Crippen molar-refractivity contribution in [2.45, 2.75) is 24.5 Å². The predicted octanol–water partition coefficient (Wildman–Crippen LogP) is -2.34. The molecule has 180 valence electrons. The third-order valence-electron chi connectivity index (χ3n) is 3.88. The molecular weight excluding hydrogens is 507 g/mol. The molecule has 1 fully saturated rings. The highest BCUT2D eigenvalue weighted by Gasteiger charge is 2.47. The maximum Gasteiger partial charge on any atom is 0.490 e. The Hall–Kier alpha value is -1.56. The molecule has 3 rings (SSSR count). The molecule has 9 N–H and O–H groups in total. The standard InChI is InChI=1S/C10H16N5O14P3/c11-10-13-7-4(8(18)14-10)12-2-15(7)9-6(17)5(16)3(27-9)1-26-31(22,23)29-32(24,25)28-30(19,20)21/h2-3,5-6,9,16-17H,1H2,(H,22,23)(H,24,25)(H2,19,20,21)(H3,11,13,14,18)/t3?,5-,6?,9?/m0/s1. The van der Waals surface area contributed by atoms with Crippen LogP contribution in [0.3, 0.4) is 0 Å². The Labute approximate surface area is 175 Å². The first-order chi connectivity index (χ1) is 14.6. The van der Waals surface area contributed by atoms with Gasteiger partial charge in [-0.25, -0.2) is 18.7 Å². The van der Waals surface area contributed by atoms with Gasteiger partial charge in [-0.3, -0.25) is 18.9 Å². The summed E-state index contributed by atoms with van der Waals surface area (Å²) in [6.45, 7) is -1.01. The van der Waals surface area contributed by atoms with E-state index in [1.165, 1.54) is 0 Å². The van der Waals surface area contributed by atoms with Crippen molar-refractivity contribution in [2.24, 2.45) is 0 Å². The lowest BCUT2D eigenvalue weighted by Gasteiger charge is -2.19. The van der Waals surface area contributed by atoms with Crippen LogP contribution in [0.5, 0.6) is 0 Å². The Morgan fingerprint density at radius 1 is 1.12 bits per heavy atom. The van der Waals surface area contributed by atoms with E-state index in [0.29, 0.717) is 0 Å². The second-order valence-corrected chi connectivity index (χ2v) is 10.6. The molecule has 0 bridgehead atoms. The molecule has 6 atom stereocenters. The van der Waals surface area contributed by atoms with Crippen molar-refractivity contribution in [1.29, 1.82) is 0 Å². The van der Waals surface area contributed by atoms with Gasteiger partial charge in [-0.1, -0.05) is 0 Å². The summed E-state index contributed by atoms with van der Waals surface area (Å²) in [4.78, 5) is 57.3. The Bertz CT molecular complexity index is 1210. The first kappa shape index (κ1) is 25.1. The van der Waals surface area contributed by atoms with Crippen molar-refractivity contribution in [2.75, 3.05) is 12.3 Å². The molecule has 0 radical (unpaired) electrons. The molecule has 2 aromatic rings. The molecule has 3 heterocycles. The molecule has 0 spiro atoms. The number of aromatic amines is 1. The summed E-state index contributed by atoms with van der Waals surface area (Å²) < 4.78 is 51.6. The van der Waals surface area contributed by atoms with E-state index >= 15 is 0 Å². The number of phosphoric ester groups is 1. The molecule has 5 unspecified atom stereocenters. The van der Waals surface area contributed by atoms with E-state index in [9.17, 15) is 33.6 Å². The number of nitrogen functional groups attached to an aromatic ring is 1. The number of nitrogens with one attached hydrogen (secondary N) is 1. The quantitative estimate of drug-likeness (QED) is 0.168. The molecule has 0 amide bonds. The number of aliphatic hydroxyl groups excluding tert-OH is 2. The van der Waals surface area contributed by atoms with Crippen molar-refractivity contribution in [3.05, 3.63) is 16.7 Å². The van der Waals surface area contributed by atoms with Crippen molar-refractivity contribution in [3.8, 4) is 0 Å². The van der Waals surface area contributed by atoms with Crippen LogP contribution >= 0.6 is 23.5 Å². The zero-order chi connectivity index (χ0) is 24.1. The first-order valence-corrected chi connectivity index (χ1v) is 12.6. The summed E-state index contributed by atoms with van der Waals surface area (Å²) in [5.74, 6) is -0.276. The number of aliphatic hydroxyl groups is 2. The second-order valence-electron chi connectivity index (χ2n) is 6.21. The number of hydrogen-bond acceptors (Lipinski definition) is 13. The minimum absolute atomic E-state index is 0.115. The van der Waals surface area contributed by atoms with Crippen LogP contribution in [-0.2, 0) is 31.6 Å². The maximum absolute atomic E-state index is 11.9. The number of fused-ring (bicyclic) bond motifs is 1. The predicted molar refractivity (Wildman–Crippen MR) is 98.3 cm³/mol. The van der Waals surface area contributed by atoms with Gasteiger partial charge >= 0.3 is 23.5 Å². The minimum atomic E-state index is -5.73. The zero-order valence-electron chi connectivity index (χ0n) is 15.3. The Kier molecular flexibility index (Phi) is 6.78. The van der Waals surface area contributed by atoms with Crippen LogP contribution < -0.4 is 11.3 Å². The van der Waals surface area contributed by atoms with E-state index in [1.54, 1.807) is 0 Å². The fourth-order valence-electron chi connectivity index (χ4n) is 2.70. The van der Waals surface area contributed by atoms with E-state index in [-0.39, 0.29) is 17.1 Å². The van der Waals surface area contributed by atoms with Crippen molar-refractivity contribution in [1.82, 2.24) is 19.5 Å². The van der Waals surface area contributed by atoms with Gasteiger partial charge in [0.1, 0.15) is 18.3 Å². The third kappa shape index (κ3) is 5.67. The van der Waals surface area contributed by atoms with Crippen LogP contribution in [0.25, 0.3) is 11.2 Å². The monoisotopic (exact) mass is 523 g/mol. The Morgan fingerprint density at radius 2 is 1.78 bits per heavy atom. The number of anilines is 1. The highest BCUT2D eigenvalue weighted by molar-refractivity contribution is 7.66. The fourth-order valence-corrected chi connectivity index (χ4v) is 5.73. The minimum Gasteiger partial charge on any atom is -0.387 e. The number of phosphoric acid groups is 3. The molecule has 1 aliphatic rings. The maximum atomic E-state index is 11.9. The van der Waals surface area contributed by atoms with E-state index in [2.05, 4.69) is 28.1 Å². The van der Waals surface area contributed by atoms with Gasteiger partial charge in [0.25, 0.3) is 5.56 Å². The van der Waals surface area contributed by atoms with Gasteiger partial charge in [-0.05, 0) is 0 Å². The molecule has 32 heavy (non-hydrogen) atoms. The average Bonchev–Trinajstić information content (AvgIpc) is 3.12. The summed E-state index contributed by atoms with van der Waals surface area (Å²) in [6.07, 6.45) is -5.33. The largest absolute Gasteiger partial charge is 0.490 e. The topological polar surface area (TPSA) is 299 Å². The number of ether oxygens (including phenoxy) is 1. The number of imidazole rings is 1. The summed E-state index contributed by atoms with van der Waals surface area (Å²) in [6, 6.07) is 0. The number of hydrogen-bond donors (Lipinski definition) is 8. The van der Waals surface area contributed by atoms with Crippen LogP contribution in [0.1, 0.15) is 6.23 Å². The summed E-state index contributed by atoms with van der Waals surface area (Å²) in [7, 11) is -16.8. The molecular formula is C10H16N5O14P3. The lowest BCUT2D eigenvalue weighted by atomic mass is 10.1. The molecule has 1 aliphatic heterocycles. The van der Waals surface area contributed by atoms with E-state index in [4.69, 9.17) is 25.2 Å². The number of nitrogens with two attached hydrogens (primary N) is 1. The van der Waals surface area contributed by atoms with E-state index < -0.39 is 60.2 Å². The van der Waals surface area contributed by atoms with Crippen LogP contribution in [0.4, 0.5) is 5.95 Å². The van der Waals surface area contributed by atoms with E-state index in [0.717, 1.165) is 10.9 Å². The average molecular weight is 523 g/mol. The normalized spacial score (nSPS) is 27.9. The Morgan fingerprint density at radius 3 is 2.41 bits per heavy atom. The number of nitrogens with zero attached hydrogens (tertiary/aromatic N) is 3. The van der Waals surface area contributed by atoms with Crippen molar-refractivity contribution >= 4 is 40.6 Å². The molecule has 1 saturated heterocycles. The fraction of sp³-hybridized carbons (Fsp3) is 0.500. The SMILES string of the molecule is Nc1nc2c(ncn2C2OC(COP(=O)(O)OP(=O)(O)OP(=O)(O)O)[C@H](O)C2O)c(=O)[nH]1. The Balaban J connectivity index is 1.72. The third-order valence-corrected chi connectivity index (χ3v) is 7.68. The van der Waals surface area contributed by atoms with Gasteiger partial charge in [0.15, 0.2) is 17.4 Å². The molecule has 0 aromatic carbocycles. The van der Waals surface area contributed by atoms with Gasteiger partial charge in [0.05, 0.1) is 12.9 Å². The van der Waals surface area contributed by atoms with Crippen LogP contribution in [0, 0.1) is 0 Å². The summed E-state index contributed by atoms with van der Waals surface area (Å²) in [5.41, 5.74) is 4.50.